The standard InChI is InChI=1S/C12H18ClN3O4S/c1-3-4-9-11(21(13,18)19)10(15-14-9)12(17)16(2)8-5-6-20-7-8/h8H,3-7H2,1-2H3,(H,14,15). The van der Waals surface area contributed by atoms with Crippen molar-refractivity contribution in [1.82, 2.24) is 15.1 Å². The molecule has 1 N–H and O–H groups in total. The van der Waals surface area contributed by atoms with E-state index in [1.165, 1.54) is 4.90 Å². The normalized spacial score (nSPS) is 18.9. The molecule has 1 atom stereocenters. The van der Waals surface area contributed by atoms with Crippen molar-refractivity contribution in [3.8, 4) is 0 Å². The average Bonchev–Trinajstić information content (AvgIpc) is 3.05. The molecule has 1 aliphatic heterocycles. The van der Waals surface area contributed by atoms with Gasteiger partial charge in [-0.05, 0) is 12.8 Å². The maximum Gasteiger partial charge on any atom is 0.275 e. The number of aromatic nitrogens is 2. The lowest BCUT2D eigenvalue weighted by atomic mass is 10.2. The van der Waals surface area contributed by atoms with Crippen LogP contribution in [0.2, 0.25) is 0 Å². The zero-order valence-corrected chi connectivity index (χ0v) is 13.5. The minimum absolute atomic E-state index is 0.0743. The number of nitrogens with zero attached hydrogens (tertiary/aromatic N) is 2. The molecule has 2 heterocycles. The highest BCUT2D eigenvalue weighted by Crippen LogP contribution is 2.25. The summed E-state index contributed by atoms with van der Waals surface area (Å²) < 4.78 is 28.8. The quantitative estimate of drug-likeness (QED) is 0.815. The summed E-state index contributed by atoms with van der Waals surface area (Å²) in [6.07, 6.45) is 1.89. The molecule has 21 heavy (non-hydrogen) atoms. The fraction of sp³-hybridized carbons (Fsp3) is 0.667. The summed E-state index contributed by atoms with van der Waals surface area (Å²) >= 11 is 0. The van der Waals surface area contributed by atoms with Crippen LogP contribution in [-0.4, -0.2) is 55.7 Å². The van der Waals surface area contributed by atoms with Crippen LogP contribution in [0.5, 0.6) is 0 Å². The summed E-state index contributed by atoms with van der Waals surface area (Å²) in [5.41, 5.74) is 0.217. The summed E-state index contributed by atoms with van der Waals surface area (Å²) in [6.45, 7) is 2.93. The number of hydrogen-bond donors (Lipinski definition) is 1. The fourth-order valence-electron chi connectivity index (χ4n) is 2.36. The van der Waals surface area contributed by atoms with E-state index in [1.807, 2.05) is 6.92 Å². The zero-order valence-electron chi connectivity index (χ0n) is 11.9. The highest BCUT2D eigenvalue weighted by molar-refractivity contribution is 8.13. The van der Waals surface area contributed by atoms with Gasteiger partial charge in [0.05, 0.1) is 18.3 Å². The van der Waals surface area contributed by atoms with Crippen LogP contribution >= 0.6 is 10.7 Å². The number of halogens is 1. The van der Waals surface area contributed by atoms with E-state index in [2.05, 4.69) is 10.2 Å². The molecule has 0 aromatic carbocycles. The number of hydrogen-bond acceptors (Lipinski definition) is 5. The Morgan fingerprint density at radius 2 is 2.29 bits per heavy atom. The lowest BCUT2D eigenvalue weighted by Gasteiger charge is -2.22. The molecule has 0 radical (unpaired) electrons. The van der Waals surface area contributed by atoms with E-state index in [0.717, 1.165) is 6.42 Å². The van der Waals surface area contributed by atoms with Crippen molar-refractivity contribution in [2.24, 2.45) is 0 Å². The maximum absolute atomic E-state index is 12.5. The van der Waals surface area contributed by atoms with Crippen LogP contribution in [0.15, 0.2) is 4.90 Å². The molecule has 0 saturated carbocycles. The first-order valence-electron chi connectivity index (χ1n) is 6.73. The van der Waals surface area contributed by atoms with Crippen LogP contribution in [0.1, 0.15) is 35.9 Å². The van der Waals surface area contributed by atoms with Crippen molar-refractivity contribution in [3.05, 3.63) is 11.4 Å². The highest BCUT2D eigenvalue weighted by Gasteiger charge is 2.33. The van der Waals surface area contributed by atoms with Crippen molar-refractivity contribution >= 4 is 25.6 Å². The van der Waals surface area contributed by atoms with E-state index in [9.17, 15) is 13.2 Å². The Labute approximate surface area is 128 Å². The van der Waals surface area contributed by atoms with Crippen LogP contribution in [0.25, 0.3) is 0 Å². The van der Waals surface area contributed by atoms with Gasteiger partial charge >= 0.3 is 0 Å². The highest BCUT2D eigenvalue weighted by atomic mass is 35.7. The number of H-pyrrole nitrogens is 1. The number of likely N-dealkylation sites (N-methyl/N-ethyl adjacent to an activating group) is 1. The second kappa shape index (κ2) is 6.33. The third kappa shape index (κ3) is 3.38. The van der Waals surface area contributed by atoms with Gasteiger partial charge in [0.2, 0.25) is 0 Å². The van der Waals surface area contributed by atoms with Gasteiger partial charge < -0.3 is 9.64 Å². The SMILES string of the molecule is CCCc1[nH]nc(C(=O)N(C)C2CCOC2)c1S(=O)(=O)Cl. The van der Waals surface area contributed by atoms with E-state index in [0.29, 0.717) is 31.7 Å². The first kappa shape index (κ1) is 16.3. The van der Waals surface area contributed by atoms with Crippen LogP contribution in [0, 0.1) is 0 Å². The smallest absolute Gasteiger partial charge is 0.275 e. The molecule has 1 aliphatic rings. The summed E-state index contributed by atoms with van der Waals surface area (Å²) in [7, 11) is 3.04. The third-order valence-corrected chi connectivity index (χ3v) is 4.90. The molecular weight excluding hydrogens is 318 g/mol. The van der Waals surface area contributed by atoms with Gasteiger partial charge in [0.1, 0.15) is 4.90 Å². The molecule has 1 unspecified atom stereocenters. The van der Waals surface area contributed by atoms with Gasteiger partial charge in [0, 0.05) is 24.3 Å². The lowest BCUT2D eigenvalue weighted by Crippen LogP contribution is -2.38. The van der Waals surface area contributed by atoms with Gasteiger partial charge in [-0.15, -0.1) is 0 Å². The van der Waals surface area contributed by atoms with Crippen molar-refractivity contribution < 1.29 is 17.9 Å². The van der Waals surface area contributed by atoms with Crippen LogP contribution in [0.4, 0.5) is 0 Å². The van der Waals surface area contributed by atoms with E-state index < -0.39 is 15.0 Å². The average molecular weight is 336 g/mol. The van der Waals surface area contributed by atoms with Gasteiger partial charge in [0.25, 0.3) is 15.0 Å². The Balaban J connectivity index is 2.36. The molecule has 1 amide bonds. The summed E-state index contributed by atoms with van der Waals surface area (Å²) in [6, 6.07) is -0.0743. The van der Waals surface area contributed by atoms with Crippen molar-refractivity contribution in [2.45, 2.75) is 37.1 Å². The second-order valence-corrected chi connectivity index (χ2v) is 7.50. The maximum atomic E-state index is 12.5. The molecule has 1 saturated heterocycles. The Bertz CT molecular complexity index is 622. The second-order valence-electron chi connectivity index (χ2n) is 5.00. The number of ether oxygens (including phenoxy) is 1. The summed E-state index contributed by atoms with van der Waals surface area (Å²) in [4.78, 5) is 13.7. The minimum atomic E-state index is -4.05. The molecule has 1 aromatic heterocycles. The van der Waals surface area contributed by atoms with Gasteiger partial charge in [-0.1, -0.05) is 13.3 Å². The van der Waals surface area contributed by atoms with Gasteiger partial charge in [-0.2, -0.15) is 5.10 Å². The lowest BCUT2D eigenvalue weighted by molar-refractivity contribution is 0.0701. The Hall–Kier alpha value is -1.12. The fourth-order valence-corrected chi connectivity index (χ4v) is 3.66. The van der Waals surface area contributed by atoms with Gasteiger partial charge in [-0.25, -0.2) is 8.42 Å². The number of aryl methyl sites for hydroxylation is 1. The number of aromatic amines is 1. The van der Waals surface area contributed by atoms with Crippen LogP contribution in [-0.2, 0) is 20.2 Å². The van der Waals surface area contributed by atoms with E-state index in [1.54, 1.807) is 7.05 Å². The molecule has 9 heteroatoms. The van der Waals surface area contributed by atoms with Crippen molar-refractivity contribution in [2.75, 3.05) is 20.3 Å². The monoisotopic (exact) mass is 335 g/mol. The molecule has 0 spiro atoms. The molecule has 2 rings (SSSR count). The molecule has 118 valence electrons. The Kier molecular flexibility index (Phi) is 4.90. The van der Waals surface area contributed by atoms with Crippen LogP contribution in [0.3, 0.4) is 0 Å². The molecule has 7 nitrogen and oxygen atoms in total. The van der Waals surface area contributed by atoms with Gasteiger partial charge in [-0.3, -0.25) is 9.89 Å². The number of carbonyl (C=O) groups excluding carboxylic acids is 1. The minimum Gasteiger partial charge on any atom is -0.379 e. The zero-order chi connectivity index (χ0) is 15.6. The molecule has 0 bridgehead atoms. The van der Waals surface area contributed by atoms with E-state index in [-0.39, 0.29) is 16.6 Å². The van der Waals surface area contributed by atoms with Gasteiger partial charge in [0.15, 0.2) is 5.69 Å². The number of rotatable bonds is 5. The van der Waals surface area contributed by atoms with E-state index >= 15 is 0 Å². The predicted molar refractivity (Wildman–Crippen MR) is 76.9 cm³/mol. The topological polar surface area (TPSA) is 92.4 Å². The molecule has 0 aliphatic carbocycles. The van der Waals surface area contributed by atoms with Crippen LogP contribution < -0.4 is 0 Å². The summed E-state index contributed by atoms with van der Waals surface area (Å²) in [5, 5.41) is 6.49. The Morgan fingerprint density at radius 1 is 1.57 bits per heavy atom. The molecular formula is C12H18ClN3O4S. The first-order valence-corrected chi connectivity index (χ1v) is 9.04. The van der Waals surface area contributed by atoms with Crippen molar-refractivity contribution in [3.63, 3.8) is 0 Å². The van der Waals surface area contributed by atoms with Crippen molar-refractivity contribution in [1.29, 1.82) is 0 Å². The summed E-state index contributed by atoms with van der Waals surface area (Å²) in [5.74, 6) is -0.469. The largest absolute Gasteiger partial charge is 0.379 e. The Morgan fingerprint density at radius 3 is 2.81 bits per heavy atom. The third-order valence-electron chi connectivity index (χ3n) is 3.51. The first-order chi connectivity index (χ1) is 9.86. The van der Waals surface area contributed by atoms with E-state index in [4.69, 9.17) is 15.4 Å². The number of amides is 1. The predicted octanol–water partition coefficient (Wildman–Crippen LogP) is 1.15. The molecule has 1 aromatic rings. The number of carbonyl (C=O) groups is 1. The number of nitrogens with one attached hydrogen (secondary N) is 1. The molecule has 1 fully saturated rings.